The first kappa shape index (κ1) is 26.3. The second-order valence-corrected chi connectivity index (χ2v) is 9.82. The van der Waals surface area contributed by atoms with Gasteiger partial charge in [0.1, 0.15) is 23.9 Å². The number of hydrogen-bond acceptors (Lipinski definition) is 5. The fourth-order valence-corrected chi connectivity index (χ4v) is 4.27. The van der Waals surface area contributed by atoms with Gasteiger partial charge in [0.05, 0.1) is 6.61 Å². The van der Waals surface area contributed by atoms with Gasteiger partial charge < -0.3 is 24.0 Å². The molecule has 0 heterocycles. The third-order valence-corrected chi connectivity index (χ3v) is 6.40. The Morgan fingerprint density at radius 3 is 2.22 bits per heavy atom. The molecule has 190 valence electrons. The number of methoxy groups -OCH3 is 1. The monoisotopic (exact) mass is 518 g/mol. The second kappa shape index (κ2) is 12.0. The van der Waals surface area contributed by atoms with Crippen LogP contribution >= 0.6 is 7.60 Å². The van der Waals surface area contributed by atoms with Crippen LogP contribution in [0.15, 0.2) is 97.1 Å². The summed E-state index contributed by atoms with van der Waals surface area (Å²) in [6.45, 7) is 0.671. The maximum Gasteiger partial charge on any atom is 0.396 e. The lowest BCUT2D eigenvalue weighted by Gasteiger charge is -2.14. The molecule has 0 aliphatic heterocycles. The van der Waals surface area contributed by atoms with E-state index in [2.05, 4.69) is 0 Å². The van der Waals surface area contributed by atoms with Crippen molar-refractivity contribution >= 4 is 13.1 Å². The molecule has 0 fully saturated rings. The lowest BCUT2D eigenvalue weighted by molar-refractivity contribution is 0.104. The van der Waals surface area contributed by atoms with Crippen LogP contribution in [0.2, 0.25) is 0 Å². The molecule has 4 aromatic carbocycles. The van der Waals surface area contributed by atoms with E-state index in [4.69, 9.17) is 14.2 Å². The minimum absolute atomic E-state index is 0.0688. The summed E-state index contributed by atoms with van der Waals surface area (Å²) in [5.41, 5.74) is 2.40. The molecule has 0 saturated heterocycles. The van der Waals surface area contributed by atoms with Crippen LogP contribution in [0.5, 0.6) is 17.2 Å². The third kappa shape index (κ3) is 7.15. The van der Waals surface area contributed by atoms with Gasteiger partial charge in [-0.1, -0.05) is 54.6 Å². The van der Waals surface area contributed by atoms with Crippen molar-refractivity contribution in [3.8, 4) is 28.4 Å². The third-order valence-electron chi connectivity index (χ3n) is 5.61. The Morgan fingerprint density at radius 2 is 1.51 bits per heavy atom. The Bertz CT molecular complexity index is 1400. The lowest BCUT2D eigenvalue weighted by Crippen LogP contribution is -2.08. The predicted octanol–water partition coefficient (Wildman–Crippen LogP) is 6.08. The molecule has 0 spiro atoms. The highest BCUT2D eigenvalue weighted by Gasteiger charge is 2.28. The predicted molar refractivity (Wildman–Crippen MR) is 141 cm³/mol. The van der Waals surface area contributed by atoms with E-state index in [0.717, 1.165) is 16.7 Å². The number of ether oxygens (including phenoxy) is 3. The summed E-state index contributed by atoms with van der Waals surface area (Å²) < 4.78 is 28.3. The first-order valence-corrected chi connectivity index (χ1v) is 13.2. The average molecular weight is 519 g/mol. The standard InChI is InChI=1S/C29H27O7P/c1-34-16-17-35-28-15-12-24(29(30)37(31,32)33)19-25(28)18-21-10-13-26(14-11-21)36-27-9-5-8-23(20-27)22-6-3-2-4-7-22/h2-15,19-20H,16-18H2,1H3,(H2,31,32,33). The van der Waals surface area contributed by atoms with Crippen molar-refractivity contribution in [2.24, 2.45) is 0 Å². The van der Waals surface area contributed by atoms with E-state index < -0.39 is 13.1 Å². The Balaban J connectivity index is 1.52. The Labute approximate surface area is 215 Å². The van der Waals surface area contributed by atoms with Crippen LogP contribution in [-0.4, -0.2) is 35.6 Å². The highest BCUT2D eigenvalue weighted by molar-refractivity contribution is 7.70. The van der Waals surface area contributed by atoms with Gasteiger partial charge in [-0.15, -0.1) is 0 Å². The molecule has 0 amide bonds. The van der Waals surface area contributed by atoms with E-state index in [1.807, 2.05) is 78.9 Å². The lowest BCUT2D eigenvalue weighted by atomic mass is 10.0. The molecule has 0 unspecified atom stereocenters. The molecule has 8 heteroatoms. The normalized spacial score (nSPS) is 11.2. The van der Waals surface area contributed by atoms with Gasteiger partial charge in [-0.2, -0.15) is 0 Å². The van der Waals surface area contributed by atoms with Gasteiger partial charge in [-0.25, -0.2) is 0 Å². The molecule has 0 aliphatic carbocycles. The maximum atomic E-state index is 12.1. The van der Waals surface area contributed by atoms with E-state index in [0.29, 0.717) is 42.4 Å². The van der Waals surface area contributed by atoms with Crippen LogP contribution < -0.4 is 9.47 Å². The molecule has 0 bridgehead atoms. The molecule has 4 rings (SSSR count). The van der Waals surface area contributed by atoms with Crippen LogP contribution in [0.3, 0.4) is 0 Å². The van der Waals surface area contributed by atoms with E-state index >= 15 is 0 Å². The quantitative estimate of drug-likeness (QED) is 0.183. The minimum atomic E-state index is -4.90. The van der Waals surface area contributed by atoms with Gasteiger partial charge in [0, 0.05) is 19.1 Å². The summed E-state index contributed by atoms with van der Waals surface area (Å²) in [4.78, 5) is 30.7. The summed E-state index contributed by atoms with van der Waals surface area (Å²) in [6, 6.07) is 29.8. The molecular weight excluding hydrogens is 491 g/mol. The highest BCUT2D eigenvalue weighted by Crippen LogP contribution is 2.40. The summed E-state index contributed by atoms with van der Waals surface area (Å²) in [7, 11) is -3.34. The fourth-order valence-electron chi connectivity index (χ4n) is 3.80. The zero-order valence-electron chi connectivity index (χ0n) is 20.2. The van der Waals surface area contributed by atoms with Crippen molar-refractivity contribution in [3.63, 3.8) is 0 Å². The van der Waals surface area contributed by atoms with Gasteiger partial charge in [0.25, 0.3) is 5.52 Å². The Hall–Kier alpha value is -3.74. The molecule has 0 aliphatic rings. The van der Waals surface area contributed by atoms with Crippen LogP contribution in [0.1, 0.15) is 21.5 Å². The largest absolute Gasteiger partial charge is 0.491 e. The van der Waals surface area contributed by atoms with E-state index in [1.54, 1.807) is 13.2 Å². The van der Waals surface area contributed by atoms with Crippen molar-refractivity contribution in [2.45, 2.75) is 6.42 Å². The number of hydrogen-bond donors (Lipinski definition) is 2. The first-order valence-electron chi connectivity index (χ1n) is 11.6. The first-order chi connectivity index (χ1) is 17.8. The minimum Gasteiger partial charge on any atom is -0.491 e. The smallest absolute Gasteiger partial charge is 0.396 e. The fraction of sp³-hybridized carbons (Fsp3) is 0.138. The molecule has 2 N–H and O–H groups in total. The summed E-state index contributed by atoms with van der Waals surface area (Å²) in [5, 5.41) is 0. The van der Waals surface area contributed by atoms with Gasteiger partial charge in [0.15, 0.2) is 0 Å². The van der Waals surface area contributed by atoms with Crippen LogP contribution in [0.25, 0.3) is 11.1 Å². The van der Waals surface area contributed by atoms with Crippen LogP contribution in [0, 0.1) is 0 Å². The van der Waals surface area contributed by atoms with Crippen molar-refractivity contribution in [1.29, 1.82) is 0 Å². The molecule has 7 nitrogen and oxygen atoms in total. The Kier molecular flexibility index (Phi) is 8.54. The van der Waals surface area contributed by atoms with Gasteiger partial charge in [-0.05, 0) is 64.7 Å². The molecule has 0 aromatic heterocycles. The maximum absolute atomic E-state index is 12.1. The van der Waals surface area contributed by atoms with E-state index in [-0.39, 0.29) is 5.56 Å². The molecule has 0 atom stereocenters. The summed E-state index contributed by atoms with van der Waals surface area (Å²) in [5.74, 6) is 1.89. The molecule has 4 aromatic rings. The van der Waals surface area contributed by atoms with Gasteiger partial charge >= 0.3 is 7.60 Å². The van der Waals surface area contributed by atoms with E-state index in [9.17, 15) is 19.1 Å². The number of carbonyl (C=O) groups is 1. The topological polar surface area (TPSA) is 102 Å². The SMILES string of the molecule is COCCOc1ccc(C(=O)P(=O)(O)O)cc1Cc1ccc(Oc2cccc(-c3ccccc3)c2)cc1. The van der Waals surface area contributed by atoms with Crippen molar-refractivity contribution in [2.75, 3.05) is 20.3 Å². The Morgan fingerprint density at radius 1 is 0.784 bits per heavy atom. The second-order valence-electron chi connectivity index (χ2n) is 8.33. The molecule has 0 saturated carbocycles. The van der Waals surface area contributed by atoms with Crippen molar-refractivity contribution in [3.05, 3.63) is 114 Å². The number of benzene rings is 4. The highest BCUT2D eigenvalue weighted by atomic mass is 31.2. The molecular formula is C29H27O7P. The van der Waals surface area contributed by atoms with Crippen LogP contribution in [-0.2, 0) is 15.7 Å². The van der Waals surface area contributed by atoms with Gasteiger partial charge in [-0.3, -0.25) is 9.36 Å². The molecule has 0 radical (unpaired) electrons. The number of carbonyl (C=O) groups excluding carboxylic acids is 1. The van der Waals surface area contributed by atoms with Crippen LogP contribution in [0.4, 0.5) is 0 Å². The zero-order chi connectivity index (χ0) is 26.3. The van der Waals surface area contributed by atoms with Crippen molar-refractivity contribution < 1.29 is 33.4 Å². The number of rotatable bonds is 11. The zero-order valence-corrected chi connectivity index (χ0v) is 21.1. The van der Waals surface area contributed by atoms with Gasteiger partial charge in [0.2, 0.25) is 0 Å². The summed E-state index contributed by atoms with van der Waals surface area (Å²) >= 11 is 0. The molecule has 37 heavy (non-hydrogen) atoms. The summed E-state index contributed by atoms with van der Waals surface area (Å²) in [6.07, 6.45) is 0.383. The average Bonchev–Trinajstić information content (AvgIpc) is 2.90. The van der Waals surface area contributed by atoms with E-state index in [1.165, 1.54) is 12.1 Å². The van der Waals surface area contributed by atoms with Crippen molar-refractivity contribution in [1.82, 2.24) is 0 Å².